The Morgan fingerprint density at radius 3 is 2.70 bits per heavy atom. The van der Waals surface area contributed by atoms with Crippen LogP contribution < -0.4 is 4.74 Å². The fourth-order valence-corrected chi connectivity index (χ4v) is 2.30. The molecule has 0 aliphatic heterocycles. The minimum absolute atomic E-state index is 0.476. The molecule has 2 heterocycles. The molecule has 3 rings (SSSR count). The molecule has 0 aliphatic carbocycles. The largest absolute Gasteiger partial charge is 0.466 e. The van der Waals surface area contributed by atoms with Crippen LogP contribution in [0.15, 0.2) is 61.0 Å². The molecule has 0 saturated carbocycles. The number of benzene rings is 1. The lowest BCUT2D eigenvalue weighted by molar-refractivity contribution is -0.134. The smallest absolute Gasteiger partial charge is 0.333 e. The zero-order valence-electron chi connectivity index (χ0n) is 12.9. The zero-order valence-corrected chi connectivity index (χ0v) is 12.9. The molecule has 2 aromatic heterocycles. The van der Waals surface area contributed by atoms with E-state index in [-0.39, 0.29) is 0 Å². The van der Waals surface area contributed by atoms with Gasteiger partial charge in [0.05, 0.1) is 13.2 Å². The minimum atomic E-state index is -0.476. The number of rotatable bonds is 4. The number of pyridine rings is 1. The molecule has 0 N–H and O–H groups in total. The molecule has 0 unspecified atom stereocenters. The van der Waals surface area contributed by atoms with Crippen LogP contribution in [-0.4, -0.2) is 22.5 Å². The molecular weight excluding hydrogens is 292 g/mol. The average Bonchev–Trinajstić information content (AvgIpc) is 2.96. The minimum Gasteiger partial charge on any atom is -0.466 e. The van der Waals surface area contributed by atoms with Gasteiger partial charge in [-0.3, -0.25) is 4.40 Å². The topological polar surface area (TPSA) is 52.8 Å². The summed E-state index contributed by atoms with van der Waals surface area (Å²) < 4.78 is 12.1. The van der Waals surface area contributed by atoms with Gasteiger partial charge >= 0.3 is 5.97 Å². The summed E-state index contributed by atoms with van der Waals surface area (Å²) in [6, 6.07) is 13.7. The molecule has 0 saturated heterocycles. The first-order valence-electron chi connectivity index (χ1n) is 7.15. The van der Waals surface area contributed by atoms with Gasteiger partial charge in [0, 0.05) is 11.8 Å². The van der Waals surface area contributed by atoms with Crippen molar-refractivity contribution in [2.75, 3.05) is 7.11 Å². The molecule has 0 atom stereocenters. The Kier molecular flexibility index (Phi) is 4.10. The summed E-state index contributed by atoms with van der Waals surface area (Å²) in [5.74, 6) is 0.0753. The van der Waals surface area contributed by atoms with Gasteiger partial charge in [-0.2, -0.15) is 0 Å². The predicted molar refractivity (Wildman–Crippen MR) is 87.1 cm³/mol. The Morgan fingerprint density at radius 1 is 1.17 bits per heavy atom. The summed E-state index contributed by atoms with van der Waals surface area (Å²) in [7, 11) is 1.32. The quantitative estimate of drug-likeness (QED) is 0.421. The van der Waals surface area contributed by atoms with E-state index in [1.54, 1.807) is 0 Å². The van der Waals surface area contributed by atoms with Crippen molar-refractivity contribution >= 4 is 11.6 Å². The second-order valence-electron chi connectivity index (χ2n) is 4.96. The van der Waals surface area contributed by atoms with Crippen LogP contribution >= 0.6 is 0 Å². The van der Waals surface area contributed by atoms with Gasteiger partial charge in [0.15, 0.2) is 0 Å². The van der Waals surface area contributed by atoms with Crippen LogP contribution in [0.25, 0.3) is 16.9 Å². The van der Waals surface area contributed by atoms with E-state index in [1.807, 2.05) is 60.0 Å². The van der Waals surface area contributed by atoms with Crippen molar-refractivity contribution in [1.29, 1.82) is 0 Å². The molecule has 5 nitrogen and oxygen atoms in total. The van der Waals surface area contributed by atoms with E-state index in [9.17, 15) is 4.79 Å². The number of ether oxygens (including phenoxy) is 2. The lowest BCUT2D eigenvalue weighted by atomic mass is 10.2. The summed E-state index contributed by atoms with van der Waals surface area (Å²) >= 11 is 0. The number of carbonyl (C=O) groups is 1. The van der Waals surface area contributed by atoms with E-state index in [4.69, 9.17) is 4.74 Å². The second kappa shape index (κ2) is 6.36. The van der Waals surface area contributed by atoms with Crippen molar-refractivity contribution in [3.05, 3.63) is 66.6 Å². The SMILES string of the molecule is COC(=O)/C=C\Oc1c(-c2ccccc2)nc2c(C)cccn12. The summed E-state index contributed by atoms with van der Waals surface area (Å²) in [6.07, 6.45) is 4.41. The van der Waals surface area contributed by atoms with Crippen molar-refractivity contribution in [3.63, 3.8) is 0 Å². The summed E-state index contributed by atoms with van der Waals surface area (Å²) in [5, 5.41) is 0. The van der Waals surface area contributed by atoms with Gasteiger partial charge in [-0.25, -0.2) is 9.78 Å². The number of imidazole rings is 1. The lowest BCUT2D eigenvalue weighted by Crippen LogP contribution is -1.97. The highest BCUT2D eigenvalue weighted by molar-refractivity contribution is 5.81. The number of aryl methyl sites for hydroxylation is 1. The van der Waals surface area contributed by atoms with E-state index in [2.05, 4.69) is 9.72 Å². The number of carbonyl (C=O) groups excluding carboxylic acids is 1. The van der Waals surface area contributed by atoms with Crippen LogP contribution in [0, 0.1) is 6.92 Å². The maximum atomic E-state index is 11.2. The number of nitrogens with zero attached hydrogens (tertiary/aromatic N) is 2. The first-order chi connectivity index (χ1) is 11.2. The van der Waals surface area contributed by atoms with Crippen molar-refractivity contribution in [1.82, 2.24) is 9.38 Å². The van der Waals surface area contributed by atoms with Crippen LogP contribution in [0.1, 0.15) is 5.56 Å². The average molecular weight is 308 g/mol. The van der Waals surface area contributed by atoms with E-state index < -0.39 is 5.97 Å². The number of fused-ring (bicyclic) bond motifs is 1. The molecule has 23 heavy (non-hydrogen) atoms. The highest BCUT2D eigenvalue weighted by Gasteiger charge is 2.16. The van der Waals surface area contributed by atoms with Gasteiger partial charge in [0.1, 0.15) is 17.6 Å². The van der Waals surface area contributed by atoms with Crippen molar-refractivity contribution in [3.8, 4) is 17.1 Å². The summed E-state index contributed by atoms with van der Waals surface area (Å²) in [4.78, 5) is 15.9. The summed E-state index contributed by atoms with van der Waals surface area (Å²) in [6.45, 7) is 1.99. The van der Waals surface area contributed by atoms with Gasteiger partial charge in [0.25, 0.3) is 0 Å². The molecular formula is C18H16N2O3. The van der Waals surface area contributed by atoms with Gasteiger partial charge in [0.2, 0.25) is 5.88 Å². The number of esters is 1. The van der Waals surface area contributed by atoms with Crippen molar-refractivity contribution < 1.29 is 14.3 Å². The molecule has 0 spiro atoms. The van der Waals surface area contributed by atoms with Crippen LogP contribution in [0.3, 0.4) is 0 Å². The molecule has 116 valence electrons. The molecule has 5 heteroatoms. The van der Waals surface area contributed by atoms with Crippen LogP contribution in [0.5, 0.6) is 5.88 Å². The monoisotopic (exact) mass is 308 g/mol. The first kappa shape index (κ1) is 14.8. The Hall–Kier alpha value is -3.08. The Bertz CT molecular complexity index is 867. The number of hydrogen-bond acceptors (Lipinski definition) is 4. The van der Waals surface area contributed by atoms with Crippen LogP contribution in [-0.2, 0) is 9.53 Å². The molecule has 0 radical (unpaired) electrons. The third kappa shape index (κ3) is 2.94. The van der Waals surface area contributed by atoms with Crippen LogP contribution in [0.4, 0.5) is 0 Å². The summed E-state index contributed by atoms with van der Waals surface area (Å²) in [5.41, 5.74) is 3.51. The fraction of sp³-hybridized carbons (Fsp3) is 0.111. The molecule has 1 aromatic carbocycles. The second-order valence-corrected chi connectivity index (χ2v) is 4.96. The third-order valence-electron chi connectivity index (χ3n) is 3.43. The molecule has 0 fully saturated rings. The van der Waals surface area contributed by atoms with E-state index in [0.717, 1.165) is 22.5 Å². The van der Waals surface area contributed by atoms with Gasteiger partial charge in [-0.15, -0.1) is 0 Å². The van der Waals surface area contributed by atoms with E-state index >= 15 is 0 Å². The highest BCUT2D eigenvalue weighted by atomic mass is 16.5. The van der Waals surface area contributed by atoms with Gasteiger partial charge < -0.3 is 9.47 Å². The molecule has 0 bridgehead atoms. The molecule has 3 aromatic rings. The van der Waals surface area contributed by atoms with E-state index in [1.165, 1.54) is 19.4 Å². The predicted octanol–water partition coefficient (Wildman–Crippen LogP) is 3.38. The molecule has 0 aliphatic rings. The van der Waals surface area contributed by atoms with E-state index in [0.29, 0.717) is 5.88 Å². The number of methoxy groups -OCH3 is 1. The first-order valence-corrected chi connectivity index (χ1v) is 7.15. The van der Waals surface area contributed by atoms with Gasteiger partial charge in [-0.05, 0) is 18.6 Å². The zero-order chi connectivity index (χ0) is 16.2. The van der Waals surface area contributed by atoms with Crippen molar-refractivity contribution in [2.24, 2.45) is 0 Å². The number of hydrogen-bond donors (Lipinski definition) is 0. The van der Waals surface area contributed by atoms with Crippen molar-refractivity contribution in [2.45, 2.75) is 6.92 Å². The Morgan fingerprint density at radius 2 is 1.96 bits per heavy atom. The normalized spacial score (nSPS) is 11.0. The number of aromatic nitrogens is 2. The van der Waals surface area contributed by atoms with Gasteiger partial charge in [-0.1, -0.05) is 36.4 Å². The highest BCUT2D eigenvalue weighted by Crippen LogP contribution is 2.31. The standard InChI is InChI=1S/C18H16N2O3/c1-13-7-6-11-20-17(13)19-16(14-8-4-3-5-9-14)18(20)23-12-10-15(21)22-2/h3-12H,1-2H3/b12-10-. The lowest BCUT2D eigenvalue weighted by Gasteiger charge is -2.04. The Labute approximate surface area is 133 Å². The maximum absolute atomic E-state index is 11.2. The van der Waals surface area contributed by atoms with Crippen LogP contribution in [0.2, 0.25) is 0 Å². The molecule has 0 amide bonds. The fourth-order valence-electron chi connectivity index (χ4n) is 2.30. The maximum Gasteiger partial charge on any atom is 0.333 e. The Balaban J connectivity index is 2.11. The third-order valence-corrected chi connectivity index (χ3v) is 3.43.